The van der Waals surface area contributed by atoms with Crippen molar-refractivity contribution < 1.29 is 9.13 Å². The van der Waals surface area contributed by atoms with Crippen LogP contribution in [0, 0.1) is 5.82 Å². The van der Waals surface area contributed by atoms with E-state index in [2.05, 4.69) is 35.3 Å². The zero-order valence-electron chi connectivity index (χ0n) is 16.5. The number of ether oxygens (including phenoxy) is 1. The van der Waals surface area contributed by atoms with Crippen LogP contribution in [-0.2, 0) is 4.74 Å². The highest BCUT2D eigenvalue weighted by atomic mass is 19.1. The molecule has 1 fully saturated rings. The van der Waals surface area contributed by atoms with Crippen LogP contribution < -0.4 is 10.2 Å². The molecule has 1 aliphatic heterocycles. The van der Waals surface area contributed by atoms with E-state index >= 15 is 0 Å². The Labute approximate surface area is 177 Å². The lowest BCUT2D eigenvalue weighted by atomic mass is 10.2. The van der Waals surface area contributed by atoms with Gasteiger partial charge in [0.1, 0.15) is 12.1 Å². The van der Waals surface area contributed by atoms with Crippen molar-refractivity contribution in [2.75, 3.05) is 36.5 Å². The van der Waals surface area contributed by atoms with E-state index in [1.165, 1.54) is 6.07 Å². The van der Waals surface area contributed by atoms with Gasteiger partial charge in [0.25, 0.3) is 0 Å². The average Bonchev–Trinajstić information content (AvgIpc) is 3.31. The van der Waals surface area contributed by atoms with Gasteiger partial charge in [0.2, 0.25) is 11.9 Å². The molecule has 156 valence electrons. The zero-order chi connectivity index (χ0) is 21.0. The molecule has 0 unspecified atom stereocenters. The summed E-state index contributed by atoms with van der Waals surface area (Å²) in [6.07, 6.45) is 6.04. The Morgan fingerprint density at radius 3 is 2.65 bits per heavy atom. The molecule has 1 saturated heterocycles. The third kappa shape index (κ3) is 4.33. The van der Waals surface area contributed by atoms with Crippen molar-refractivity contribution in [3.05, 3.63) is 67.1 Å². The first kappa shape index (κ1) is 19.1. The van der Waals surface area contributed by atoms with E-state index in [4.69, 9.17) is 4.74 Å². The summed E-state index contributed by atoms with van der Waals surface area (Å²) in [6, 6.07) is 10.8. The molecule has 0 spiro atoms. The van der Waals surface area contributed by atoms with Crippen LogP contribution in [0.4, 0.5) is 22.0 Å². The normalized spacial score (nSPS) is 13.9. The van der Waals surface area contributed by atoms with Crippen molar-refractivity contribution in [2.24, 2.45) is 0 Å². The minimum atomic E-state index is -0.411. The second kappa shape index (κ2) is 8.44. The molecule has 0 amide bonds. The van der Waals surface area contributed by atoms with Gasteiger partial charge in [-0.15, -0.1) is 5.10 Å². The summed E-state index contributed by atoms with van der Waals surface area (Å²) in [5, 5.41) is 7.72. The monoisotopic (exact) mass is 418 g/mol. The lowest BCUT2D eigenvalue weighted by molar-refractivity contribution is 0.122. The van der Waals surface area contributed by atoms with Gasteiger partial charge in [-0.25, -0.2) is 19.0 Å². The van der Waals surface area contributed by atoms with E-state index in [0.717, 1.165) is 30.7 Å². The summed E-state index contributed by atoms with van der Waals surface area (Å²) in [7, 11) is 0. The lowest BCUT2D eigenvalue weighted by Gasteiger charge is -2.25. The molecule has 1 aliphatic rings. The molecule has 1 aromatic carbocycles. The molecule has 31 heavy (non-hydrogen) atoms. The maximum Gasteiger partial charge on any atom is 0.245 e. The molecule has 1 N–H and O–H groups in total. The predicted molar refractivity (Wildman–Crippen MR) is 113 cm³/mol. The van der Waals surface area contributed by atoms with Crippen LogP contribution in [0.5, 0.6) is 0 Å². The molecule has 9 nitrogen and oxygen atoms in total. The molecule has 10 heteroatoms. The van der Waals surface area contributed by atoms with Crippen LogP contribution in [0.25, 0.3) is 16.9 Å². The fourth-order valence-electron chi connectivity index (χ4n) is 3.25. The Bertz CT molecular complexity index is 1170. The second-order valence-electron chi connectivity index (χ2n) is 6.92. The van der Waals surface area contributed by atoms with Gasteiger partial charge in [-0.1, -0.05) is 0 Å². The van der Waals surface area contributed by atoms with E-state index in [1.807, 2.05) is 24.3 Å². The Hall–Kier alpha value is -3.92. The van der Waals surface area contributed by atoms with Crippen LogP contribution in [-0.4, -0.2) is 56.0 Å². The summed E-state index contributed by atoms with van der Waals surface area (Å²) in [5.41, 5.74) is 2.87. The predicted octanol–water partition coefficient (Wildman–Crippen LogP) is 2.84. The number of morpholine rings is 1. The second-order valence-corrected chi connectivity index (χ2v) is 6.92. The first-order valence-corrected chi connectivity index (χ1v) is 9.80. The Morgan fingerprint density at radius 2 is 1.84 bits per heavy atom. The van der Waals surface area contributed by atoms with Gasteiger partial charge in [-0.2, -0.15) is 4.98 Å². The number of halogens is 1. The molecular weight excluding hydrogens is 399 g/mol. The standard InChI is InChI=1S/C21H19FN8O/c22-16-11-15(12-23-13-16)19-5-6-24-20(27-19)26-17-1-3-18(4-2-17)30-14-25-21(28-30)29-7-9-31-10-8-29/h1-6,11-14H,7-10H2,(H,24,26,27). The van der Waals surface area contributed by atoms with Gasteiger partial charge in [0, 0.05) is 36.7 Å². The molecular formula is C21H19FN8O. The zero-order valence-corrected chi connectivity index (χ0v) is 16.5. The number of nitrogens with zero attached hydrogens (tertiary/aromatic N) is 7. The number of anilines is 3. The minimum absolute atomic E-state index is 0.407. The smallest absolute Gasteiger partial charge is 0.245 e. The van der Waals surface area contributed by atoms with Crippen LogP contribution in [0.1, 0.15) is 0 Å². The molecule has 4 aromatic rings. The van der Waals surface area contributed by atoms with Crippen molar-refractivity contribution in [1.29, 1.82) is 0 Å². The third-order valence-corrected chi connectivity index (χ3v) is 4.82. The largest absolute Gasteiger partial charge is 0.378 e. The Balaban J connectivity index is 1.30. The number of benzene rings is 1. The highest BCUT2D eigenvalue weighted by molar-refractivity contribution is 5.61. The first-order chi connectivity index (χ1) is 15.2. The van der Waals surface area contributed by atoms with Crippen LogP contribution in [0.3, 0.4) is 0 Å². The van der Waals surface area contributed by atoms with E-state index in [9.17, 15) is 4.39 Å². The molecule has 0 bridgehead atoms. The summed E-state index contributed by atoms with van der Waals surface area (Å²) in [4.78, 5) is 19.1. The number of hydrogen-bond acceptors (Lipinski definition) is 8. The summed E-state index contributed by atoms with van der Waals surface area (Å²) in [5.74, 6) is 0.693. The minimum Gasteiger partial charge on any atom is -0.378 e. The maximum absolute atomic E-state index is 13.4. The van der Waals surface area contributed by atoms with Crippen LogP contribution in [0.15, 0.2) is 61.3 Å². The maximum atomic E-state index is 13.4. The van der Waals surface area contributed by atoms with E-state index in [-0.39, 0.29) is 0 Å². The van der Waals surface area contributed by atoms with Gasteiger partial charge in [-0.3, -0.25) is 4.98 Å². The first-order valence-electron chi connectivity index (χ1n) is 9.80. The highest BCUT2D eigenvalue weighted by Gasteiger charge is 2.15. The van der Waals surface area contributed by atoms with Crippen molar-refractivity contribution >= 4 is 17.6 Å². The topological polar surface area (TPSA) is 93.9 Å². The van der Waals surface area contributed by atoms with E-state index in [1.54, 1.807) is 29.5 Å². The van der Waals surface area contributed by atoms with Crippen molar-refractivity contribution in [2.45, 2.75) is 0 Å². The highest BCUT2D eigenvalue weighted by Crippen LogP contribution is 2.21. The SMILES string of the molecule is Fc1cncc(-c2ccnc(Nc3ccc(-n4cnc(N5CCOCC5)n4)cc3)n2)c1. The van der Waals surface area contributed by atoms with Crippen LogP contribution >= 0.6 is 0 Å². The Morgan fingerprint density at radius 1 is 1.00 bits per heavy atom. The number of rotatable bonds is 5. The van der Waals surface area contributed by atoms with Crippen molar-refractivity contribution in [3.63, 3.8) is 0 Å². The van der Waals surface area contributed by atoms with Crippen LogP contribution in [0.2, 0.25) is 0 Å². The van der Waals surface area contributed by atoms with Crippen molar-refractivity contribution in [1.82, 2.24) is 29.7 Å². The molecule has 3 aromatic heterocycles. The number of aromatic nitrogens is 6. The van der Waals surface area contributed by atoms with Gasteiger partial charge in [0.15, 0.2) is 0 Å². The molecule has 4 heterocycles. The van der Waals surface area contributed by atoms with Gasteiger partial charge < -0.3 is 15.0 Å². The molecule has 0 saturated carbocycles. The summed E-state index contributed by atoms with van der Waals surface area (Å²) in [6.45, 7) is 2.96. The van der Waals surface area contributed by atoms with E-state index in [0.29, 0.717) is 36.4 Å². The molecule has 5 rings (SSSR count). The fraction of sp³-hybridized carbons (Fsp3) is 0.190. The Kier molecular flexibility index (Phi) is 5.19. The summed E-state index contributed by atoms with van der Waals surface area (Å²) >= 11 is 0. The van der Waals surface area contributed by atoms with Gasteiger partial charge in [0.05, 0.1) is 30.8 Å². The number of hydrogen-bond donors (Lipinski definition) is 1. The number of pyridine rings is 1. The third-order valence-electron chi connectivity index (χ3n) is 4.82. The van der Waals surface area contributed by atoms with Crippen molar-refractivity contribution in [3.8, 4) is 16.9 Å². The molecule has 0 aliphatic carbocycles. The summed E-state index contributed by atoms with van der Waals surface area (Å²) < 4.78 is 20.6. The average molecular weight is 418 g/mol. The molecule has 0 radical (unpaired) electrons. The van der Waals surface area contributed by atoms with E-state index < -0.39 is 5.82 Å². The number of nitrogens with one attached hydrogen (secondary N) is 1. The van der Waals surface area contributed by atoms with Gasteiger partial charge in [-0.05, 0) is 36.4 Å². The molecule has 0 atom stereocenters. The quantitative estimate of drug-likeness (QED) is 0.529. The van der Waals surface area contributed by atoms with Gasteiger partial charge >= 0.3 is 0 Å². The lowest BCUT2D eigenvalue weighted by Crippen LogP contribution is -2.37. The fourth-order valence-corrected chi connectivity index (χ4v) is 3.25.